The fraction of sp³-hybridized carbons (Fsp3) is 0.333. The average molecular weight is 294 g/mol. The van der Waals surface area contributed by atoms with E-state index in [0.29, 0.717) is 11.1 Å². The molecule has 0 radical (unpaired) electrons. The molecule has 1 aromatic rings. The largest absolute Gasteiger partial charge is 0.373 e. The van der Waals surface area contributed by atoms with Gasteiger partial charge in [-0.25, -0.2) is 0 Å². The molecular weight excluding hydrogens is 276 g/mol. The molecule has 22 heavy (non-hydrogen) atoms. The number of nitrogens with zero attached hydrogens (tertiary/aromatic N) is 2. The molecule has 0 unspecified atom stereocenters. The molecule has 0 saturated heterocycles. The lowest BCUT2D eigenvalue weighted by Gasteiger charge is -2.33. The zero-order valence-electron chi connectivity index (χ0n) is 13.2. The molecule has 4 nitrogen and oxygen atoms in total. The smallest absolute Gasteiger partial charge is 0.319 e. The van der Waals surface area contributed by atoms with Gasteiger partial charge >= 0.3 is 5.79 Å². The quantitative estimate of drug-likeness (QED) is 0.480. The second-order valence-electron chi connectivity index (χ2n) is 5.65. The van der Waals surface area contributed by atoms with Crippen LogP contribution in [0.5, 0.6) is 0 Å². The number of benzene rings is 1. The van der Waals surface area contributed by atoms with Crippen LogP contribution in [0.1, 0.15) is 36.5 Å². The molecule has 2 rings (SSSR count). The Bertz CT molecular complexity index is 674. The summed E-state index contributed by atoms with van der Waals surface area (Å²) in [4.78, 5) is 0. The van der Waals surface area contributed by atoms with Gasteiger partial charge < -0.3 is 9.47 Å². The predicted molar refractivity (Wildman–Crippen MR) is 82.3 cm³/mol. The van der Waals surface area contributed by atoms with Crippen molar-refractivity contribution in [3.8, 4) is 12.5 Å². The first-order valence-electron chi connectivity index (χ1n) is 7.03. The van der Waals surface area contributed by atoms with Gasteiger partial charge in [0.05, 0.1) is 0 Å². The van der Waals surface area contributed by atoms with Crippen LogP contribution in [-0.4, -0.2) is 5.79 Å². The number of allylic oxidation sites excluding steroid dienone is 2. The first-order chi connectivity index (χ1) is 10.4. The van der Waals surface area contributed by atoms with E-state index in [4.69, 9.17) is 20.0 Å². The van der Waals surface area contributed by atoms with Gasteiger partial charge in [-0.2, -0.15) is 10.5 Å². The third-order valence-electron chi connectivity index (χ3n) is 3.91. The van der Waals surface area contributed by atoms with Crippen molar-refractivity contribution in [3.63, 3.8) is 0 Å². The third-order valence-corrected chi connectivity index (χ3v) is 3.91. The molecule has 0 heterocycles. The van der Waals surface area contributed by atoms with Crippen molar-refractivity contribution in [1.29, 1.82) is 10.5 Å². The number of hydrogen-bond acceptors (Lipinski definition) is 4. The molecule has 4 heteroatoms. The van der Waals surface area contributed by atoms with E-state index in [0.717, 1.165) is 0 Å². The van der Waals surface area contributed by atoms with E-state index in [-0.39, 0.29) is 5.92 Å². The van der Waals surface area contributed by atoms with E-state index in [1.54, 1.807) is 26.4 Å². The molecule has 112 valence electrons. The Hall–Kier alpha value is -2.72. The van der Waals surface area contributed by atoms with Crippen LogP contribution >= 0.6 is 0 Å². The van der Waals surface area contributed by atoms with E-state index in [2.05, 4.69) is 32.0 Å². The van der Waals surface area contributed by atoms with E-state index in [1.807, 2.05) is 12.2 Å². The van der Waals surface area contributed by atoms with Gasteiger partial charge in [-0.05, 0) is 33.3 Å². The SMILES string of the molecule is CC1=CC(c2cc(C)cc(C)c2)C=C(C)C1(OC#N)OC#N. The van der Waals surface area contributed by atoms with Gasteiger partial charge in [-0.3, -0.25) is 0 Å². The van der Waals surface area contributed by atoms with Crippen molar-refractivity contribution in [1.82, 2.24) is 0 Å². The number of hydrogen-bond donors (Lipinski definition) is 0. The number of ether oxygens (including phenoxy) is 2. The lowest BCUT2D eigenvalue weighted by molar-refractivity contribution is -0.0972. The van der Waals surface area contributed by atoms with Crippen LogP contribution in [0.3, 0.4) is 0 Å². The molecule has 0 fully saturated rings. The highest BCUT2D eigenvalue weighted by atomic mass is 16.7. The van der Waals surface area contributed by atoms with Crippen molar-refractivity contribution in [2.24, 2.45) is 0 Å². The lowest BCUT2D eigenvalue weighted by atomic mass is 9.83. The summed E-state index contributed by atoms with van der Waals surface area (Å²) >= 11 is 0. The maximum atomic E-state index is 8.89. The minimum absolute atomic E-state index is 0.0660. The van der Waals surface area contributed by atoms with Crippen molar-refractivity contribution in [3.05, 3.63) is 58.2 Å². The summed E-state index contributed by atoms with van der Waals surface area (Å²) in [5.41, 5.74) is 4.95. The van der Waals surface area contributed by atoms with Gasteiger partial charge in [-0.1, -0.05) is 41.5 Å². The Labute approximate surface area is 130 Å². The second kappa shape index (κ2) is 5.95. The molecule has 0 spiro atoms. The third kappa shape index (κ3) is 2.69. The first-order valence-corrected chi connectivity index (χ1v) is 7.03. The first kappa shape index (κ1) is 15.7. The van der Waals surface area contributed by atoms with E-state index in [1.165, 1.54) is 16.7 Å². The Morgan fingerprint density at radius 3 is 1.73 bits per heavy atom. The maximum absolute atomic E-state index is 8.89. The summed E-state index contributed by atoms with van der Waals surface area (Å²) in [7, 11) is 0. The second-order valence-corrected chi connectivity index (χ2v) is 5.65. The summed E-state index contributed by atoms with van der Waals surface area (Å²) in [5, 5.41) is 17.8. The van der Waals surface area contributed by atoms with Crippen molar-refractivity contribution in [2.75, 3.05) is 0 Å². The molecule has 0 N–H and O–H groups in total. The fourth-order valence-electron chi connectivity index (χ4n) is 2.98. The number of nitriles is 2. The average Bonchev–Trinajstić information content (AvgIpc) is 2.43. The van der Waals surface area contributed by atoms with Gasteiger partial charge in [0.15, 0.2) is 0 Å². The summed E-state index contributed by atoms with van der Waals surface area (Å²) in [6.45, 7) is 7.74. The van der Waals surface area contributed by atoms with E-state index >= 15 is 0 Å². The molecule has 1 aliphatic carbocycles. The minimum atomic E-state index is -1.40. The fourth-order valence-corrected chi connectivity index (χ4v) is 2.98. The Morgan fingerprint density at radius 1 is 0.864 bits per heavy atom. The molecule has 0 bridgehead atoms. The molecule has 1 aliphatic rings. The van der Waals surface area contributed by atoms with Crippen molar-refractivity contribution in [2.45, 2.75) is 39.4 Å². The van der Waals surface area contributed by atoms with E-state index < -0.39 is 5.79 Å². The van der Waals surface area contributed by atoms with Crippen LogP contribution < -0.4 is 0 Å². The molecule has 0 aromatic heterocycles. The summed E-state index contributed by atoms with van der Waals surface area (Å²) in [5.74, 6) is -1.34. The molecule has 0 saturated carbocycles. The summed E-state index contributed by atoms with van der Waals surface area (Å²) in [6, 6.07) is 6.39. The van der Waals surface area contributed by atoms with E-state index in [9.17, 15) is 0 Å². The van der Waals surface area contributed by atoms with Crippen LogP contribution in [0.25, 0.3) is 0 Å². The highest BCUT2D eigenvalue weighted by Crippen LogP contribution is 2.39. The summed E-state index contributed by atoms with van der Waals surface area (Å²) in [6.07, 6.45) is 7.21. The number of aryl methyl sites for hydroxylation is 2. The molecule has 0 aliphatic heterocycles. The monoisotopic (exact) mass is 294 g/mol. The Balaban J connectivity index is 2.48. The Kier molecular flexibility index (Phi) is 4.24. The molecule has 0 atom stereocenters. The van der Waals surface area contributed by atoms with Gasteiger partial charge in [0.1, 0.15) is 0 Å². The predicted octanol–water partition coefficient (Wildman–Crippen LogP) is 3.98. The van der Waals surface area contributed by atoms with Crippen LogP contribution in [0.2, 0.25) is 0 Å². The van der Waals surface area contributed by atoms with Crippen LogP contribution in [0.4, 0.5) is 0 Å². The highest BCUT2D eigenvalue weighted by molar-refractivity contribution is 5.44. The minimum Gasteiger partial charge on any atom is -0.373 e. The highest BCUT2D eigenvalue weighted by Gasteiger charge is 2.42. The number of rotatable bonds is 3. The van der Waals surface area contributed by atoms with Crippen molar-refractivity contribution < 1.29 is 9.47 Å². The van der Waals surface area contributed by atoms with Crippen LogP contribution in [0.15, 0.2) is 41.5 Å². The van der Waals surface area contributed by atoms with Crippen LogP contribution in [-0.2, 0) is 9.47 Å². The van der Waals surface area contributed by atoms with Gasteiger partial charge in [-0.15, -0.1) is 0 Å². The van der Waals surface area contributed by atoms with Gasteiger partial charge in [0, 0.05) is 17.1 Å². The van der Waals surface area contributed by atoms with Gasteiger partial charge in [0.2, 0.25) is 0 Å². The lowest BCUT2D eigenvalue weighted by Crippen LogP contribution is -2.38. The standard InChI is InChI=1S/C18H18N2O2/c1-12-5-13(2)7-16(6-12)17-8-14(3)18(21-10-19,22-11-20)15(4)9-17/h5-9,17H,1-4H3. The molecule has 1 aromatic carbocycles. The maximum Gasteiger partial charge on any atom is 0.319 e. The zero-order valence-corrected chi connectivity index (χ0v) is 13.2. The molecular formula is C18H18N2O2. The molecule has 0 amide bonds. The zero-order chi connectivity index (χ0) is 16.3. The van der Waals surface area contributed by atoms with Crippen molar-refractivity contribution >= 4 is 0 Å². The topological polar surface area (TPSA) is 66.0 Å². The van der Waals surface area contributed by atoms with Gasteiger partial charge in [0.25, 0.3) is 12.5 Å². The normalized spacial score (nSPS) is 16.8. The van der Waals surface area contributed by atoms with Crippen LogP contribution in [0, 0.1) is 36.9 Å². The Morgan fingerprint density at radius 2 is 1.32 bits per heavy atom. The summed E-state index contributed by atoms with van der Waals surface area (Å²) < 4.78 is 10.2.